The van der Waals surface area contributed by atoms with Gasteiger partial charge in [-0.3, -0.25) is 10.3 Å². The maximum atomic E-state index is 11.6. The Morgan fingerprint density at radius 2 is 2.24 bits per heavy atom. The number of rotatable bonds is 3. The Kier molecular flexibility index (Phi) is 4.45. The first-order valence-electron chi connectivity index (χ1n) is 5.47. The number of aliphatic hydroxyl groups is 1. The number of amides is 1. The predicted molar refractivity (Wildman–Crippen MR) is 64.9 cm³/mol. The molecule has 0 radical (unpaired) electrons. The van der Waals surface area contributed by atoms with Crippen LogP contribution in [0.2, 0.25) is 0 Å². The summed E-state index contributed by atoms with van der Waals surface area (Å²) in [6.45, 7) is 5.37. The van der Waals surface area contributed by atoms with Crippen molar-refractivity contribution in [2.24, 2.45) is 0 Å². The summed E-state index contributed by atoms with van der Waals surface area (Å²) in [5.41, 5.74) is 0.667. The third-order valence-corrected chi connectivity index (χ3v) is 1.87. The number of carbonyl (C=O) groups excluding carboxylic acids is 1. The summed E-state index contributed by atoms with van der Waals surface area (Å²) in [6.07, 6.45) is 1.49. The molecule has 2 N–H and O–H groups in total. The number of aromatic nitrogens is 1. The molecule has 1 aromatic heterocycles. The van der Waals surface area contributed by atoms with E-state index in [0.29, 0.717) is 17.8 Å². The minimum atomic E-state index is -0.538. The molecule has 0 aliphatic heterocycles. The average Bonchev–Trinajstić information content (AvgIpc) is 2.18. The second kappa shape index (κ2) is 5.63. The maximum Gasteiger partial charge on any atom is 0.412 e. The van der Waals surface area contributed by atoms with E-state index in [-0.39, 0.29) is 6.61 Å². The minimum Gasteiger partial charge on any atom is -0.444 e. The molecule has 0 atom stereocenters. The van der Waals surface area contributed by atoms with Gasteiger partial charge in [-0.1, -0.05) is 0 Å². The lowest BCUT2D eigenvalue weighted by Gasteiger charge is -2.20. The Bertz CT molecular complexity index is 386. The molecule has 0 bridgehead atoms. The summed E-state index contributed by atoms with van der Waals surface area (Å²) in [4.78, 5) is 15.6. The van der Waals surface area contributed by atoms with Crippen LogP contribution in [0, 0.1) is 0 Å². The lowest BCUT2D eigenvalue weighted by molar-refractivity contribution is 0.0635. The van der Waals surface area contributed by atoms with E-state index in [1.165, 1.54) is 0 Å². The number of pyridine rings is 1. The van der Waals surface area contributed by atoms with Gasteiger partial charge >= 0.3 is 6.09 Å². The summed E-state index contributed by atoms with van der Waals surface area (Å²) in [5.74, 6) is 0. The van der Waals surface area contributed by atoms with Crippen LogP contribution >= 0.6 is 0 Å². The van der Waals surface area contributed by atoms with Crippen molar-refractivity contribution in [2.75, 3.05) is 11.9 Å². The van der Waals surface area contributed by atoms with Gasteiger partial charge in [0.25, 0.3) is 0 Å². The van der Waals surface area contributed by atoms with E-state index in [1.54, 1.807) is 39.1 Å². The molecule has 0 fully saturated rings. The Hall–Kier alpha value is -1.62. The monoisotopic (exact) mass is 238 g/mol. The highest BCUT2D eigenvalue weighted by Gasteiger charge is 2.17. The fraction of sp³-hybridized carbons (Fsp3) is 0.500. The zero-order chi connectivity index (χ0) is 12.9. The topological polar surface area (TPSA) is 71.5 Å². The van der Waals surface area contributed by atoms with E-state index in [4.69, 9.17) is 9.84 Å². The number of ether oxygens (including phenoxy) is 1. The fourth-order valence-electron chi connectivity index (χ4n) is 1.27. The zero-order valence-corrected chi connectivity index (χ0v) is 10.4. The third-order valence-electron chi connectivity index (χ3n) is 1.87. The van der Waals surface area contributed by atoms with Crippen LogP contribution in [0.5, 0.6) is 0 Å². The molecular weight excluding hydrogens is 220 g/mol. The van der Waals surface area contributed by atoms with Crippen molar-refractivity contribution in [1.29, 1.82) is 0 Å². The first kappa shape index (κ1) is 13.4. The number of nitrogens with one attached hydrogen (secondary N) is 1. The Morgan fingerprint density at radius 1 is 1.53 bits per heavy atom. The zero-order valence-electron chi connectivity index (χ0n) is 10.4. The molecular formula is C12H18N2O3. The van der Waals surface area contributed by atoms with E-state index in [1.807, 2.05) is 0 Å². The van der Waals surface area contributed by atoms with Crippen LogP contribution in [-0.2, 0) is 11.2 Å². The molecule has 17 heavy (non-hydrogen) atoms. The number of hydrogen-bond donors (Lipinski definition) is 2. The highest BCUT2D eigenvalue weighted by molar-refractivity contribution is 5.85. The molecule has 0 aliphatic carbocycles. The molecule has 0 unspecified atom stereocenters. The first-order valence-corrected chi connectivity index (χ1v) is 5.47. The van der Waals surface area contributed by atoms with Crippen LogP contribution < -0.4 is 5.32 Å². The summed E-state index contributed by atoms with van der Waals surface area (Å²) in [6, 6.07) is 3.44. The SMILES string of the molecule is CC(C)(C)OC(=O)Nc1cccnc1CCO. The molecule has 5 heteroatoms. The van der Waals surface area contributed by atoms with Crippen molar-refractivity contribution < 1.29 is 14.6 Å². The van der Waals surface area contributed by atoms with Gasteiger partial charge in [0, 0.05) is 19.2 Å². The molecule has 94 valence electrons. The number of nitrogens with zero attached hydrogens (tertiary/aromatic N) is 1. The van der Waals surface area contributed by atoms with E-state index < -0.39 is 11.7 Å². The molecule has 0 spiro atoms. The predicted octanol–water partition coefficient (Wildman–Crippen LogP) is 1.96. The summed E-state index contributed by atoms with van der Waals surface area (Å²) in [5, 5.41) is 11.5. The Morgan fingerprint density at radius 3 is 2.82 bits per heavy atom. The van der Waals surface area contributed by atoms with Crippen molar-refractivity contribution in [3.8, 4) is 0 Å². The summed E-state index contributed by atoms with van der Waals surface area (Å²) < 4.78 is 5.13. The van der Waals surface area contributed by atoms with Crippen LogP contribution in [0.15, 0.2) is 18.3 Å². The van der Waals surface area contributed by atoms with E-state index >= 15 is 0 Å². The number of hydrogen-bond acceptors (Lipinski definition) is 4. The lowest BCUT2D eigenvalue weighted by Crippen LogP contribution is -2.27. The highest BCUT2D eigenvalue weighted by Crippen LogP contribution is 2.15. The normalized spacial score (nSPS) is 11.1. The van der Waals surface area contributed by atoms with Crippen molar-refractivity contribution in [3.63, 3.8) is 0 Å². The Balaban J connectivity index is 2.71. The number of anilines is 1. The molecule has 1 rings (SSSR count). The molecule has 0 saturated heterocycles. The highest BCUT2D eigenvalue weighted by atomic mass is 16.6. The molecule has 0 aliphatic rings. The van der Waals surface area contributed by atoms with Crippen LogP contribution in [0.25, 0.3) is 0 Å². The van der Waals surface area contributed by atoms with Crippen LogP contribution in [0.4, 0.5) is 10.5 Å². The maximum absolute atomic E-state index is 11.6. The lowest BCUT2D eigenvalue weighted by atomic mass is 10.2. The number of aliphatic hydroxyl groups excluding tert-OH is 1. The van der Waals surface area contributed by atoms with Crippen LogP contribution in [-0.4, -0.2) is 28.4 Å². The Labute approximate surface area is 101 Å². The average molecular weight is 238 g/mol. The molecule has 0 aromatic carbocycles. The van der Waals surface area contributed by atoms with Gasteiger partial charge in [0.2, 0.25) is 0 Å². The van der Waals surface area contributed by atoms with Crippen LogP contribution in [0.3, 0.4) is 0 Å². The van der Waals surface area contributed by atoms with Gasteiger partial charge in [-0.15, -0.1) is 0 Å². The molecule has 0 saturated carbocycles. The van der Waals surface area contributed by atoms with E-state index in [2.05, 4.69) is 10.3 Å². The molecule has 5 nitrogen and oxygen atoms in total. The fourth-order valence-corrected chi connectivity index (χ4v) is 1.27. The largest absolute Gasteiger partial charge is 0.444 e. The standard InChI is InChI=1S/C12H18N2O3/c1-12(2,3)17-11(16)14-10-5-4-7-13-9(10)6-8-15/h4-5,7,15H,6,8H2,1-3H3,(H,14,16). The number of carbonyl (C=O) groups is 1. The smallest absolute Gasteiger partial charge is 0.412 e. The van der Waals surface area contributed by atoms with E-state index in [9.17, 15) is 4.79 Å². The third kappa shape index (κ3) is 4.82. The van der Waals surface area contributed by atoms with Crippen molar-refractivity contribution >= 4 is 11.8 Å². The van der Waals surface area contributed by atoms with Gasteiger partial charge in [0.05, 0.1) is 11.4 Å². The summed E-state index contributed by atoms with van der Waals surface area (Å²) >= 11 is 0. The van der Waals surface area contributed by atoms with Gasteiger partial charge in [0.15, 0.2) is 0 Å². The minimum absolute atomic E-state index is 0.0139. The summed E-state index contributed by atoms with van der Waals surface area (Å²) in [7, 11) is 0. The van der Waals surface area contributed by atoms with Crippen molar-refractivity contribution in [1.82, 2.24) is 4.98 Å². The quantitative estimate of drug-likeness (QED) is 0.844. The van der Waals surface area contributed by atoms with Gasteiger partial charge in [0.1, 0.15) is 5.60 Å². The second-order valence-corrected chi connectivity index (χ2v) is 4.60. The first-order chi connectivity index (χ1) is 7.92. The molecule has 1 heterocycles. The van der Waals surface area contributed by atoms with Gasteiger partial charge in [-0.25, -0.2) is 4.79 Å². The van der Waals surface area contributed by atoms with Gasteiger partial charge < -0.3 is 9.84 Å². The second-order valence-electron chi connectivity index (χ2n) is 4.60. The van der Waals surface area contributed by atoms with E-state index in [0.717, 1.165) is 0 Å². The van der Waals surface area contributed by atoms with Gasteiger partial charge in [-0.05, 0) is 32.9 Å². The van der Waals surface area contributed by atoms with Crippen LogP contribution in [0.1, 0.15) is 26.5 Å². The molecule has 1 amide bonds. The molecule has 1 aromatic rings. The van der Waals surface area contributed by atoms with Crippen molar-refractivity contribution in [2.45, 2.75) is 32.8 Å². The van der Waals surface area contributed by atoms with Crippen molar-refractivity contribution in [3.05, 3.63) is 24.0 Å². The van der Waals surface area contributed by atoms with Gasteiger partial charge in [-0.2, -0.15) is 0 Å².